The van der Waals surface area contributed by atoms with Crippen molar-refractivity contribution in [1.29, 1.82) is 0 Å². The Morgan fingerprint density at radius 3 is 2.58 bits per heavy atom. The summed E-state index contributed by atoms with van der Waals surface area (Å²) in [4.78, 5) is 0. The molecule has 0 unspecified atom stereocenters. The van der Waals surface area contributed by atoms with Crippen LogP contribution in [0.1, 0.15) is 17.2 Å². The van der Waals surface area contributed by atoms with E-state index in [2.05, 4.69) is 21.2 Å². The summed E-state index contributed by atoms with van der Waals surface area (Å²) in [6.45, 7) is 0.950. The predicted octanol–water partition coefficient (Wildman–Crippen LogP) is 2.98. The van der Waals surface area contributed by atoms with Gasteiger partial charge in [0.25, 0.3) is 0 Å². The van der Waals surface area contributed by atoms with Gasteiger partial charge >= 0.3 is 0 Å². The number of hydrogen-bond acceptors (Lipinski definition) is 3. The van der Waals surface area contributed by atoms with Crippen LogP contribution in [-0.4, -0.2) is 16.8 Å². The van der Waals surface area contributed by atoms with Gasteiger partial charge in [-0.2, -0.15) is 0 Å². The third kappa shape index (κ3) is 4.06. The Labute approximate surface area is 121 Å². The summed E-state index contributed by atoms with van der Waals surface area (Å²) in [5, 5.41) is 22.8. The molecule has 0 radical (unpaired) electrons. The Kier molecular flexibility index (Phi) is 4.96. The van der Waals surface area contributed by atoms with Crippen LogP contribution in [0.4, 0.5) is 0 Å². The van der Waals surface area contributed by atoms with Gasteiger partial charge in [0.05, 0.1) is 6.10 Å². The van der Waals surface area contributed by atoms with Gasteiger partial charge < -0.3 is 15.5 Å². The predicted molar refractivity (Wildman–Crippen MR) is 78.9 cm³/mol. The highest BCUT2D eigenvalue weighted by Gasteiger charge is 2.07. The van der Waals surface area contributed by atoms with Gasteiger partial charge in [-0.3, -0.25) is 0 Å². The molecule has 0 spiro atoms. The molecule has 0 aliphatic carbocycles. The van der Waals surface area contributed by atoms with Crippen LogP contribution in [0.2, 0.25) is 0 Å². The topological polar surface area (TPSA) is 52.5 Å². The molecule has 0 aromatic heterocycles. The molecule has 0 aliphatic heterocycles. The Morgan fingerprint density at radius 2 is 1.84 bits per heavy atom. The molecule has 0 saturated heterocycles. The molecule has 0 saturated carbocycles. The van der Waals surface area contributed by atoms with Crippen molar-refractivity contribution in [2.45, 2.75) is 12.6 Å². The Morgan fingerprint density at radius 1 is 1.11 bits per heavy atom. The van der Waals surface area contributed by atoms with Crippen LogP contribution in [0.25, 0.3) is 0 Å². The lowest BCUT2D eigenvalue weighted by atomic mass is 10.1. The second kappa shape index (κ2) is 6.70. The molecular weight excluding hydrogens is 306 g/mol. The van der Waals surface area contributed by atoms with Crippen molar-refractivity contribution in [3.63, 3.8) is 0 Å². The maximum Gasteiger partial charge on any atom is 0.120 e. The fraction of sp³-hybridized carbons (Fsp3) is 0.200. The van der Waals surface area contributed by atoms with Crippen molar-refractivity contribution in [3.8, 4) is 5.75 Å². The minimum Gasteiger partial charge on any atom is -0.508 e. The van der Waals surface area contributed by atoms with E-state index in [-0.39, 0.29) is 5.75 Å². The normalized spacial score (nSPS) is 12.3. The number of phenols is 1. The van der Waals surface area contributed by atoms with E-state index < -0.39 is 6.10 Å². The zero-order valence-corrected chi connectivity index (χ0v) is 12.0. The minimum absolute atomic E-state index is 0.255. The number of aromatic hydroxyl groups is 1. The van der Waals surface area contributed by atoms with Crippen molar-refractivity contribution >= 4 is 15.9 Å². The molecule has 3 nitrogen and oxygen atoms in total. The smallest absolute Gasteiger partial charge is 0.120 e. The van der Waals surface area contributed by atoms with E-state index in [0.717, 1.165) is 15.6 Å². The average Bonchev–Trinajstić information content (AvgIpc) is 2.43. The van der Waals surface area contributed by atoms with Gasteiger partial charge in [0.1, 0.15) is 5.75 Å². The summed E-state index contributed by atoms with van der Waals surface area (Å²) in [5.74, 6) is 0.255. The van der Waals surface area contributed by atoms with E-state index in [4.69, 9.17) is 0 Å². The molecule has 2 rings (SSSR count). The van der Waals surface area contributed by atoms with Crippen LogP contribution in [0.15, 0.2) is 53.0 Å². The van der Waals surface area contributed by atoms with E-state index in [1.54, 1.807) is 12.1 Å². The number of benzene rings is 2. The lowest BCUT2D eigenvalue weighted by molar-refractivity contribution is 0.174. The SMILES string of the molecule is Oc1ccc(Br)cc1CNC[C@H](O)c1ccccc1. The van der Waals surface area contributed by atoms with Gasteiger partial charge in [-0.1, -0.05) is 46.3 Å². The Balaban J connectivity index is 1.88. The summed E-state index contributed by atoms with van der Waals surface area (Å²) in [6.07, 6.45) is -0.546. The molecule has 0 aliphatic rings. The molecule has 0 heterocycles. The largest absolute Gasteiger partial charge is 0.508 e. The first-order chi connectivity index (χ1) is 9.16. The number of aliphatic hydroxyl groups excluding tert-OH is 1. The van der Waals surface area contributed by atoms with Crippen molar-refractivity contribution in [2.75, 3.05) is 6.54 Å². The average molecular weight is 322 g/mol. The molecule has 19 heavy (non-hydrogen) atoms. The minimum atomic E-state index is -0.546. The fourth-order valence-corrected chi connectivity index (χ4v) is 2.24. The summed E-state index contributed by atoms with van der Waals surface area (Å²) in [7, 11) is 0. The van der Waals surface area contributed by atoms with Gasteiger partial charge in [0, 0.05) is 23.1 Å². The molecule has 2 aromatic rings. The number of nitrogens with one attached hydrogen (secondary N) is 1. The summed E-state index contributed by atoms with van der Waals surface area (Å²) in [5.41, 5.74) is 1.68. The number of hydrogen-bond donors (Lipinski definition) is 3. The number of halogens is 1. The number of rotatable bonds is 5. The van der Waals surface area contributed by atoms with E-state index >= 15 is 0 Å². The second-order valence-electron chi connectivity index (χ2n) is 4.33. The molecule has 1 atom stereocenters. The number of phenolic OH excluding ortho intramolecular Hbond substituents is 1. The quantitative estimate of drug-likeness (QED) is 0.793. The highest BCUT2D eigenvalue weighted by molar-refractivity contribution is 9.10. The molecule has 0 amide bonds. The van der Waals surface area contributed by atoms with Crippen LogP contribution in [0.3, 0.4) is 0 Å². The van der Waals surface area contributed by atoms with Crippen molar-refractivity contribution in [2.24, 2.45) is 0 Å². The van der Waals surface area contributed by atoms with Crippen LogP contribution in [0.5, 0.6) is 5.75 Å². The van der Waals surface area contributed by atoms with Gasteiger partial charge in [0.15, 0.2) is 0 Å². The van der Waals surface area contributed by atoms with Gasteiger partial charge in [0.2, 0.25) is 0 Å². The summed E-state index contributed by atoms with van der Waals surface area (Å²) >= 11 is 3.37. The highest BCUT2D eigenvalue weighted by atomic mass is 79.9. The monoisotopic (exact) mass is 321 g/mol. The molecule has 4 heteroatoms. The second-order valence-corrected chi connectivity index (χ2v) is 5.25. The van der Waals surface area contributed by atoms with Crippen LogP contribution < -0.4 is 5.32 Å². The first kappa shape index (κ1) is 14.1. The van der Waals surface area contributed by atoms with Crippen LogP contribution in [-0.2, 0) is 6.54 Å². The molecule has 0 bridgehead atoms. The Hall–Kier alpha value is -1.36. The van der Waals surface area contributed by atoms with E-state index in [1.807, 2.05) is 36.4 Å². The third-order valence-electron chi connectivity index (χ3n) is 2.88. The van der Waals surface area contributed by atoms with Gasteiger partial charge in [-0.05, 0) is 23.8 Å². The lowest BCUT2D eigenvalue weighted by Gasteiger charge is -2.13. The number of aliphatic hydroxyl groups is 1. The Bertz CT molecular complexity index is 531. The standard InChI is InChI=1S/C15H16BrNO2/c16-13-6-7-14(18)12(8-13)9-17-10-15(19)11-4-2-1-3-5-11/h1-8,15,17-19H,9-10H2/t15-/m0/s1. The van der Waals surface area contributed by atoms with E-state index in [9.17, 15) is 10.2 Å². The highest BCUT2D eigenvalue weighted by Crippen LogP contribution is 2.21. The van der Waals surface area contributed by atoms with Crippen molar-refractivity contribution in [1.82, 2.24) is 5.32 Å². The molecule has 0 fully saturated rings. The van der Waals surface area contributed by atoms with Crippen molar-refractivity contribution in [3.05, 3.63) is 64.1 Å². The van der Waals surface area contributed by atoms with Crippen LogP contribution >= 0.6 is 15.9 Å². The molecule has 100 valence electrons. The van der Waals surface area contributed by atoms with Gasteiger partial charge in [-0.15, -0.1) is 0 Å². The zero-order chi connectivity index (χ0) is 13.7. The zero-order valence-electron chi connectivity index (χ0n) is 10.4. The van der Waals surface area contributed by atoms with Crippen LogP contribution in [0, 0.1) is 0 Å². The van der Waals surface area contributed by atoms with Gasteiger partial charge in [-0.25, -0.2) is 0 Å². The first-order valence-electron chi connectivity index (χ1n) is 6.08. The fourth-order valence-electron chi connectivity index (χ4n) is 1.83. The summed E-state index contributed by atoms with van der Waals surface area (Å²) < 4.78 is 0.922. The van der Waals surface area contributed by atoms with E-state index in [0.29, 0.717) is 13.1 Å². The third-order valence-corrected chi connectivity index (χ3v) is 3.37. The van der Waals surface area contributed by atoms with Crippen molar-refractivity contribution < 1.29 is 10.2 Å². The molecular formula is C15H16BrNO2. The first-order valence-corrected chi connectivity index (χ1v) is 6.87. The van der Waals surface area contributed by atoms with E-state index in [1.165, 1.54) is 0 Å². The molecule has 3 N–H and O–H groups in total. The summed E-state index contributed by atoms with van der Waals surface area (Å²) in [6, 6.07) is 14.8. The lowest BCUT2D eigenvalue weighted by Crippen LogP contribution is -2.21. The maximum absolute atomic E-state index is 9.99. The molecule has 2 aromatic carbocycles. The maximum atomic E-state index is 9.99.